The van der Waals surface area contributed by atoms with Gasteiger partial charge in [0.2, 0.25) is 5.91 Å². The Morgan fingerprint density at radius 2 is 1.83 bits per heavy atom. The predicted molar refractivity (Wildman–Crippen MR) is 129 cm³/mol. The molecule has 1 aliphatic heterocycles. The van der Waals surface area contributed by atoms with Crippen LogP contribution in [-0.4, -0.2) is 29.3 Å². The molecule has 2 amide bonds. The van der Waals surface area contributed by atoms with E-state index in [1.165, 1.54) is 4.90 Å². The van der Waals surface area contributed by atoms with Crippen molar-refractivity contribution >= 4 is 23.2 Å². The number of rotatable bonds is 6. The van der Waals surface area contributed by atoms with Crippen molar-refractivity contribution in [3.63, 3.8) is 0 Å². The molecule has 4 nitrogen and oxygen atoms in total. The van der Waals surface area contributed by atoms with E-state index < -0.39 is 35.5 Å². The number of halogens is 4. The van der Waals surface area contributed by atoms with Crippen LogP contribution in [0.3, 0.4) is 0 Å². The number of carbonyl (C=O) groups is 2. The highest BCUT2D eigenvalue weighted by Crippen LogP contribution is 2.43. The van der Waals surface area contributed by atoms with Crippen LogP contribution in [-0.2, 0) is 11.0 Å². The topological polar surface area (TPSA) is 49.4 Å². The lowest BCUT2D eigenvalue weighted by Gasteiger charge is -2.27. The highest BCUT2D eigenvalue weighted by Gasteiger charge is 2.40. The molecule has 1 N–H and O–H groups in total. The lowest BCUT2D eigenvalue weighted by Crippen LogP contribution is -2.47. The molecule has 0 bridgehead atoms. The maximum Gasteiger partial charge on any atom is 0.416 e. The quantitative estimate of drug-likeness (QED) is 0.383. The first-order chi connectivity index (χ1) is 17.2. The molecule has 1 saturated carbocycles. The average molecular weight is 517 g/mol. The summed E-state index contributed by atoms with van der Waals surface area (Å²) in [6, 6.07) is 10.2. The van der Waals surface area contributed by atoms with Crippen LogP contribution in [0.15, 0.2) is 59.3 Å². The van der Waals surface area contributed by atoms with E-state index in [9.17, 15) is 27.2 Å². The Morgan fingerprint density at radius 1 is 1.03 bits per heavy atom. The fourth-order valence-corrected chi connectivity index (χ4v) is 5.46. The van der Waals surface area contributed by atoms with Gasteiger partial charge in [-0.15, -0.1) is 0 Å². The normalized spacial score (nSPS) is 18.8. The van der Waals surface area contributed by atoms with Gasteiger partial charge in [0, 0.05) is 17.7 Å². The molecule has 36 heavy (non-hydrogen) atoms. The highest BCUT2D eigenvalue weighted by atomic mass is 32.1. The average Bonchev–Trinajstić information content (AvgIpc) is 3.32. The van der Waals surface area contributed by atoms with E-state index >= 15 is 0 Å². The third-order valence-electron chi connectivity index (χ3n) is 6.83. The first-order valence-electron chi connectivity index (χ1n) is 11.8. The number of amides is 2. The number of benzene rings is 2. The van der Waals surface area contributed by atoms with Gasteiger partial charge in [0.25, 0.3) is 5.91 Å². The number of thiophene rings is 1. The summed E-state index contributed by atoms with van der Waals surface area (Å²) in [5.41, 5.74) is 1.37. The molecule has 2 aliphatic rings. The zero-order valence-electron chi connectivity index (χ0n) is 19.2. The molecule has 5 rings (SSSR count). The summed E-state index contributed by atoms with van der Waals surface area (Å²) in [6.45, 7) is 0.419. The van der Waals surface area contributed by atoms with E-state index in [0.29, 0.717) is 31.0 Å². The first-order valence-corrected chi connectivity index (χ1v) is 12.8. The van der Waals surface area contributed by atoms with Crippen molar-refractivity contribution in [2.24, 2.45) is 5.92 Å². The van der Waals surface area contributed by atoms with Gasteiger partial charge < -0.3 is 10.2 Å². The van der Waals surface area contributed by atoms with Crippen molar-refractivity contribution in [1.29, 1.82) is 0 Å². The Balaban J connectivity index is 1.34. The molecule has 0 radical (unpaired) electrons. The van der Waals surface area contributed by atoms with Gasteiger partial charge in [-0.1, -0.05) is 18.2 Å². The SMILES string of the molecule is O=C(N[C@@H](c1ccc(C(F)(F)F)cc1F)C1CC1)[C@H]1CCCN1C(=O)c1cccc(-c2ccsc2)c1. The summed E-state index contributed by atoms with van der Waals surface area (Å²) < 4.78 is 53.6. The summed E-state index contributed by atoms with van der Waals surface area (Å²) in [6.07, 6.45) is -2.04. The Bertz CT molecular complexity index is 1270. The van der Waals surface area contributed by atoms with E-state index in [4.69, 9.17) is 0 Å². The number of nitrogens with one attached hydrogen (secondary N) is 1. The number of hydrogen-bond donors (Lipinski definition) is 1. The maximum absolute atomic E-state index is 14.7. The molecule has 2 atom stereocenters. The molecule has 9 heteroatoms. The number of hydrogen-bond acceptors (Lipinski definition) is 3. The Labute approximate surface area is 209 Å². The van der Waals surface area contributed by atoms with Crippen LogP contribution in [0.25, 0.3) is 11.1 Å². The van der Waals surface area contributed by atoms with E-state index in [0.717, 1.165) is 36.1 Å². The summed E-state index contributed by atoms with van der Waals surface area (Å²) in [7, 11) is 0. The number of likely N-dealkylation sites (tertiary alicyclic amines) is 1. The van der Waals surface area contributed by atoms with Crippen molar-refractivity contribution in [1.82, 2.24) is 10.2 Å². The van der Waals surface area contributed by atoms with E-state index in [1.54, 1.807) is 17.4 Å². The third-order valence-corrected chi connectivity index (χ3v) is 7.52. The minimum Gasteiger partial charge on any atom is -0.347 e. The predicted octanol–water partition coefficient (Wildman–Crippen LogP) is 6.45. The van der Waals surface area contributed by atoms with Gasteiger partial charge in [-0.2, -0.15) is 24.5 Å². The van der Waals surface area contributed by atoms with E-state index in [1.807, 2.05) is 35.0 Å². The number of alkyl halides is 3. The van der Waals surface area contributed by atoms with Gasteiger partial charge in [0.15, 0.2) is 0 Å². The minimum absolute atomic E-state index is 0.0400. The Hall–Kier alpha value is -3.20. The van der Waals surface area contributed by atoms with Crippen LogP contribution in [0.2, 0.25) is 0 Å². The number of nitrogens with zero attached hydrogens (tertiary/aromatic N) is 1. The molecule has 3 aromatic rings. The highest BCUT2D eigenvalue weighted by molar-refractivity contribution is 7.08. The molecule has 1 saturated heterocycles. The monoisotopic (exact) mass is 516 g/mol. The molecule has 2 heterocycles. The molecular formula is C27H24F4N2O2S. The van der Waals surface area contributed by atoms with Gasteiger partial charge in [0.05, 0.1) is 11.6 Å². The molecule has 2 aromatic carbocycles. The molecule has 1 aliphatic carbocycles. The van der Waals surface area contributed by atoms with E-state index in [2.05, 4.69) is 5.32 Å². The van der Waals surface area contributed by atoms with Gasteiger partial charge in [-0.05, 0) is 83.8 Å². The fraction of sp³-hybridized carbons (Fsp3) is 0.333. The van der Waals surface area contributed by atoms with Crippen molar-refractivity contribution in [3.05, 3.63) is 81.8 Å². The summed E-state index contributed by atoms with van der Waals surface area (Å²) >= 11 is 1.56. The van der Waals surface area contributed by atoms with Crippen LogP contribution in [0, 0.1) is 11.7 Å². The van der Waals surface area contributed by atoms with Gasteiger partial charge in [-0.25, -0.2) is 4.39 Å². The first kappa shape index (κ1) is 24.5. The zero-order valence-corrected chi connectivity index (χ0v) is 20.0. The summed E-state index contributed by atoms with van der Waals surface area (Å²) in [4.78, 5) is 28.2. The summed E-state index contributed by atoms with van der Waals surface area (Å²) in [5, 5.41) is 6.81. The standard InChI is InChI=1S/C27H24F4N2O2S/c28-22-14-20(27(29,30)31)8-9-21(22)24(16-6-7-16)32-25(34)23-5-2-11-33(23)26(35)18-4-1-3-17(13-18)19-10-12-36-15-19/h1,3-4,8-10,12-16,23-24H,2,5-7,11H2,(H,32,34)/t23-,24-/m1/s1. The molecule has 0 spiro atoms. The molecule has 188 valence electrons. The molecule has 1 aromatic heterocycles. The van der Waals surface area contributed by atoms with Crippen molar-refractivity contribution < 1.29 is 27.2 Å². The van der Waals surface area contributed by atoms with E-state index in [-0.39, 0.29) is 17.4 Å². The largest absolute Gasteiger partial charge is 0.416 e. The van der Waals surface area contributed by atoms with Crippen LogP contribution >= 0.6 is 11.3 Å². The smallest absolute Gasteiger partial charge is 0.347 e. The van der Waals surface area contributed by atoms with Crippen LogP contribution in [0.4, 0.5) is 17.6 Å². The Morgan fingerprint density at radius 3 is 2.50 bits per heavy atom. The summed E-state index contributed by atoms with van der Waals surface area (Å²) in [5.74, 6) is -1.71. The van der Waals surface area contributed by atoms with Crippen molar-refractivity contribution in [3.8, 4) is 11.1 Å². The van der Waals surface area contributed by atoms with Crippen molar-refractivity contribution in [2.45, 2.75) is 43.9 Å². The van der Waals surface area contributed by atoms with Gasteiger partial charge in [0.1, 0.15) is 11.9 Å². The maximum atomic E-state index is 14.7. The van der Waals surface area contributed by atoms with Gasteiger partial charge in [-0.3, -0.25) is 9.59 Å². The second kappa shape index (κ2) is 9.69. The zero-order chi connectivity index (χ0) is 25.4. The minimum atomic E-state index is -4.65. The third kappa shape index (κ3) is 5.02. The van der Waals surface area contributed by atoms with Crippen LogP contribution < -0.4 is 5.32 Å². The lowest BCUT2D eigenvalue weighted by atomic mass is 9.99. The lowest BCUT2D eigenvalue weighted by molar-refractivity contribution is -0.137. The molecule has 2 fully saturated rings. The van der Waals surface area contributed by atoms with Crippen LogP contribution in [0.5, 0.6) is 0 Å². The molecule has 0 unspecified atom stereocenters. The van der Waals surface area contributed by atoms with Crippen molar-refractivity contribution in [2.75, 3.05) is 6.54 Å². The van der Waals surface area contributed by atoms with Gasteiger partial charge >= 0.3 is 6.18 Å². The Kier molecular flexibility index (Phi) is 6.59. The second-order valence-corrected chi connectivity index (χ2v) is 10.1. The molecular weight excluding hydrogens is 492 g/mol. The number of carbonyl (C=O) groups excluding carboxylic acids is 2. The fourth-order valence-electron chi connectivity index (χ4n) is 4.79. The second-order valence-electron chi connectivity index (χ2n) is 9.31. The van der Waals surface area contributed by atoms with Crippen LogP contribution in [0.1, 0.15) is 53.2 Å².